The van der Waals surface area contributed by atoms with Gasteiger partial charge in [0.25, 0.3) is 11.6 Å². The van der Waals surface area contributed by atoms with Crippen molar-refractivity contribution in [2.75, 3.05) is 7.05 Å². The molecule has 138 valence electrons. The van der Waals surface area contributed by atoms with Crippen molar-refractivity contribution in [3.05, 3.63) is 58.9 Å². The van der Waals surface area contributed by atoms with Gasteiger partial charge in [0.1, 0.15) is 6.04 Å². The van der Waals surface area contributed by atoms with Crippen molar-refractivity contribution in [2.45, 2.75) is 31.7 Å². The highest BCUT2D eigenvalue weighted by atomic mass is 16.5. The lowest BCUT2D eigenvalue weighted by atomic mass is 10.0. The molecule has 2 aromatic heterocycles. The zero-order chi connectivity index (χ0) is 19.0. The quantitative estimate of drug-likeness (QED) is 0.725. The SMILES string of the molecule is CNC(=O)[C@@H](NC(=O)c1cc(C2CC2)nc2onc(C)c12)c1ccccc1. The lowest BCUT2D eigenvalue weighted by molar-refractivity contribution is -0.122. The van der Waals surface area contributed by atoms with E-state index in [1.807, 2.05) is 30.3 Å². The lowest BCUT2D eigenvalue weighted by Gasteiger charge is -2.18. The van der Waals surface area contributed by atoms with Gasteiger partial charge in [-0.25, -0.2) is 4.98 Å². The molecule has 1 fully saturated rings. The van der Waals surface area contributed by atoms with Gasteiger partial charge in [-0.3, -0.25) is 9.59 Å². The summed E-state index contributed by atoms with van der Waals surface area (Å²) in [5.41, 5.74) is 2.94. The monoisotopic (exact) mass is 364 g/mol. The Morgan fingerprint density at radius 1 is 1.22 bits per heavy atom. The first-order valence-corrected chi connectivity index (χ1v) is 8.92. The molecule has 0 unspecified atom stereocenters. The van der Waals surface area contributed by atoms with Gasteiger partial charge in [0.05, 0.1) is 16.6 Å². The zero-order valence-corrected chi connectivity index (χ0v) is 15.2. The van der Waals surface area contributed by atoms with Gasteiger partial charge in [-0.15, -0.1) is 0 Å². The third-order valence-corrected chi connectivity index (χ3v) is 4.79. The van der Waals surface area contributed by atoms with Gasteiger partial charge >= 0.3 is 0 Å². The number of hydrogen-bond donors (Lipinski definition) is 2. The standard InChI is InChI=1S/C20H20N4O3/c1-11-16-14(10-15(12-8-9-12)22-20(16)27-24-11)18(25)23-17(19(26)21-2)13-6-4-3-5-7-13/h3-7,10,12,17H,8-9H2,1-2H3,(H,21,26)(H,23,25)/t17-/m0/s1. The van der Waals surface area contributed by atoms with Crippen molar-refractivity contribution >= 4 is 22.9 Å². The summed E-state index contributed by atoms with van der Waals surface area (Å²) in [5, 5.41) is 9.99. The van der Waals surface area contributed by atoms with Crippen LogP contribution in [0.1, 0.15) is 52.1 Å². The largest absolute Gasteiger partial charge is 0.357 e. The Kier molecular flexibility index (Phi) is 4.35. The Hall–Kier alpha value is -3.22. The predicted octanol–water partition coefficient (Wildman–Crippen LogP) is 2.63. The zero-order valence-electron chi connectivity index (χ0n) is 15.2. The number of nitrogens with one attached hydrogen (secondary N) is 2. The Morgan fingerprint density at radius 3 is 2.63 bits per heavy atom. The molecule has 2 N–H and O–H groups in total. The van der Waals surface area contributed by atoms with Gasteiger partial charge in [0.2, 0.25) is 5.91 Å². The Balaban J connectivity index is 1.73. The molecule has 0 radical (unpaired) electrons. The third-order valence-electron chi connectivity index (χ3n) is 4.79. The average Bonchev–Trinajstić information content (AvgIpc) is 3.49. The van der Waals surface area contributed by atoms with E-state index in [0.29, 0.717) is 33.8 Å². The van der Waals surface area contributed by atoms with Crippen LogP contribution in [0.5, 0.6) is 0 Å². The molecule has 7 heteroatoms. The Bertz CT molecular complexity index is 1010. The van der Waals surface area contributed by atoms with Crippen LogP contribution >= 0.6 is 0 Å². The van der Waals surface area contributed by atoms with Crippen molar-refractivity contribution in [1.82, 2.24) is 20.8 Å². The minimum absolute atomic E-state index is 0.288. The van der Waals surface area contributed by atoms with E-state index in [0.717, 1.165) is 18.5 Å². The fourth-order valence-electron chi connectivity index (χ4n) is 3.18. The van der Waals surface area contributed by atoms with Crippen LogP contribution in [0.25, 0.3) is 11.1 Å². The summed E-state index contributed by atoms with van der Waals surface area (Å²) >= 11 is 0. The van der Waals surface area contributed by atoms with Crippen LogP contribution in [0.2, 0.25) is 0 Å². The molecular weight excluding hydrogens is 344 g/mol. The molecule has 1 aromatic carbocycles. The van der Waals surface area contributed by atoms with Gasteiger partial charge in [0.15, 0.2) is 0 Å². The first-order chi connectivity index (χ1) is 13.1. The van der Waals surface area contributed by atoms with Crippen molar-refractivity contribution in [1.29, 1.82) is 0 Å². The smallest absolute Gasteiger partial charge is 0.259 e. The summed E-state index contributed by atoms with van der Waals surface area (Å²) in [6, 6.07) is 10.1. The number of hydrogen-bond acceptors (Lipinski definition) is 5. The topological polar surface area (TPSA) is 97.1 Å². The summed E-state index contributed by atoms with van der Waals surface area (Å²) < 4.78 is 5.30. The second-order valence-electron chi connectivity index (χ2n) is 6.75. The maximum absolute atomic E-state index is 13.1. The van der Waals surface area contributed by atoms with E-state index in [4.69, 9.17) is 4.52 Å². The van der Waals surface area contributed by atoms with Crippen molar-refractivity contribution in [3.8, 4) is 0 Å². The van der Waals surface area contributed by atoms with Crippen LogP contribution in [0, 0.1) is 6.92 Å². The molecule has 1 aliphatic rings. The number of aryl methyl sites for hydroxylation is 1. The number of benzene rings is 1. The van der Waals surface area contributed by atoms with Crippen LogP contribution in [-0.4, -0.2) is 29.0 Å². The van der Waals surface area contributed by atoms with E-state index in [-0.39, 0.29) is 11.8 Å². The summed E-state index contributed by atoms with van der Waals surface area (Å²) in [6.45, 7) is 1.77. The molecule has 3 aromatic rings. The molecular formula is C20H20N4O3. The molecule has 4 rings (SSSR count). The average molecular weight is 364 g/mol. The first-order valence-electron chi connectivity index (χ1n) is 8.92. The van der Waals surface area contributed by atoms with Gasteiger partial charge in [0, 0.05) is 18.7 Å². The Labute approximate surface area is 156 Å². The van der Waals surface area contributed by atoms with Crippen LogP contribution in [0.4, 0.5) is 0 Å². The molecule has 0 bridgehead atoms. The van der Waals surface area contributed by atoms with E-state index < -0.39 is 6.04 Å². The molecule has 1 saturated carbocycles. The maximum Gasteiger partial charge on any atom is 0.259 e. The second-order valence-corrected chi connectivity index (χ2v) is 6.75. The van der Waals surface area contributed by atoms with E-state index in [9.17, 15) is 9.59 Å². The molecule has 0 aliphatic heterocycles. The summed E-state index contributed by atoms with van der Waals surface area (Å²) in [4.78, 5) is 30.0. The number of nitrogens with zero attached hydrogens (tertiary/aromatic N) is 2. The normalized spacial score (nSPS) is 14.7. The minimum Gasteiger partial charge on any atom is -0.357 e. The van der Waals surface area contributed by atoms with E-state index >= 15 is 0 Å². The van der Waals surface area contributed by atoms with E-state index in [2.05, 4.69) is 20.8 Å². The fraction of sp³-hybridized carbons (Fsp3) is 0.300. The van der Waals surface area contributed by atoms with Crippen LogP contribution < -0.4 is 10.6 Å². The lowest BCUT2D eigenvalue weighted by Crippen LogP contribution is -2.39. The number of carbonyl (C=O) groups is 2. The molecule has 27 heavy (non-hydrogen) atoms. The predicted molar refractivity (Wildman–Crippen MR) is 99.2 cm³/mol. The van der Waals surface area contributed by atoms with Gasteiger partial charge < -0.3 is 15.2 Å². The van der Waals surface area contributed by atoms with Crippen molar-refractivity contribution < 1.29 is 14.1 Å². The summed E-state index contributed by atoms with van der Waals surface area (Å²) in [5.74, 6) is -0.285. The highest BCUT2D eigenvalue weighted by Crippen LogP contribution is 2.40. The molecule has 2 amide bonds. The van der Waals surface area contributed by atoms with Gasteiger partial charge in [-0.05, 0) is 31.4 Å². The maximum atomic E-state index is 13.1. The fourth-order valence-corrected chi connectivity index (χ4v) is 3.18. The number of rotatable bonds is 5. The molecule has 0 saturated heterocycles. The molecule has 1 aliphatic carbocycles. The summed E-state index contributed by atoms with van der Waals surface area (Å²) in [6.07, 6.45) is 2.11. The van der Waals surface area contributed by atoms with E-state index in [1.165, 1.54) is 0 Å². The third kappa shape index (κ3) is 3.28. The highest BCUT2D eigenvalue weighted by molar-refractivity contribution is 6.07. The van der Waals surface area contributed by atoms with Crippen molar-refractivity contribution in [3.63, 3.8) is 0 Å². The van der Waals surface area contributed by atoms with Crippen LogP contribution in [0.15, 0.2) is 40.9 Å². The van der Waals surface area contributed by atoms with Gasteiger partial charge in [-0.1, -0.05) is 35.5 Å². The molecule has 7 nitrogen and oxygen atoms in total. The number of fused-ring (bicyclic) bond motifs is 1. The highest BCUT2D eigenvalue weighted by Gasteiger charge is 2.30. The Morgan fingerprint density at radius 2 is 1.96 bits per heavy atom. The van der Waals surface area contributed by atoms with Crippen molar-refractivity contribution in [2.24, 2.45) is 0 Å². The summed E-state index contributed by atoms with van der Waals surface area (Å²) in [7, 11) is 1.55. The molecule has 0 spiro atoms. The van der Waals surface area contributed by atoms with Crippen LogP contribution in [-0.2, 0) is 4.79 Å². The first kappa shape index (κ1) is 17.2. The number of pyridine rings is 1. The number of carbonyl (C=O) groups excluding carboxylic acids is 2. The molecule has 1 atom stereocenters. The van der Waals surface area contributed by atoms with Crippen LogP contribution in [0.3, 0.4) is 0 Å². The number of aromatic nitrogens is 2. The number of likely N-dealkylation sites (N-methyl/N-ethyl adjacent to an activating group) is 1. The minimum atomic E-state index is -0.795. The number of amides is 2. The second kappa shape index (κ2) is 6.83. The van der Waals surface area contributed by atoms with Gasteiger partial charge in [-0.2, -0.15) is 0 Å². The molecule has 2 heterocycles. The van der Waals surface area contributed by atoms with E-state index in [1.54, 1.807) is 20.0 Å².